The Bertz CT molecular complexity index is 430. The molecule has 0 saturated carbocycles. The van der Waals surface area contributed by atoms with E-state index in [0.717, 1.165) is 12.8 Å². The molecule has 2 heterocycles. The van der Waals surface area contributed by atoms with Gasteiger partial charge in [-0.15, -0.1) is 0 Å². The van der Waals surface area contributed by atoms with Crippen molar-refractivity contribution in [3.63, 3.8) is 0 Å². The summed E-state index contributed by atoms with van der Waals surface area (Å²) in [5.41, 5.74) is -0.721. The van der Waals surface area contributed by atoms with Crippen LogP contribution in [0.1, 0.15) is 36.1 Å². The summed E-state index contributed by atoms with van der Waals surface area (Å²) >= 11 is 5.76. The van der Waals surface area contributed by atoms with E-state index in [-0.39, 0.29) is 10.8 Å². The third-order valence-corrected chi connectivity index (χ3v) is 2.80. The van der Waals surface area contributed by atoms with Gasteiger partial charge in [0.2, 0.25) is 0 Å². The average Bonchev–Trinajstić information content (AvgIpc) is 2.65. The molecule has 1 saturated heterocycles. The molecule has 5 nitrogen and oxygen atoms in total. The van der Waals surface area contributed by atoms with Crippen molar-refractivity contribution in [1.82, 2.24) is 9.97 Å². The highest BCUT2D eigenvalue weighted by Gasteiger charge is 2.35. The van der Waals surface area contributed by atoms with Gasteiger partial charge in [-0.2, -0.15) is 0 Å². The van der Waals surface area contributed by atoms with Crippen molar-refractivity contribution in [2.24, 2.45) is 0 Å². The Labute approximate surface area is 97.4 Å². The van der Waals surface area contributed by atoms with Crippen molar-refractivity contribution in [1.29, 1.82) is 0 Å². The Morgan fingerprint density at radius 2 is 2.38 bits per heavy atom. The van der Waals surface area contributed by atoms with Gasteiger partial charge in [-0.1, -0.05) is 11.6 Å². The molecular weight excluding hydrogens is 232 g/mol. The highest BCUT2D eigenvalue weighted by Crippen LogP contribution is 2.33. The lowest BCUT2D eigenvalue weighted by Crippen LogP contribution is -2.24. The first-order valence-corrected chi connectivity index (χ1v) is 5.31. The van der Waals surface area contributed by atoms with Crippen molar-refractivity contribution in [3.05, 3.63) is 22.7 Å². The molecule has 1 aliphatic rings. The molecule has 1 unspecified atom stereocenters. The van der Waals surface area contributed by atoms with E-state index in [1.807, 2.05) is 6.92 Å². The van der Waals surface area contributed by atoms with E-state index < -0.39 is 11.6 Å². The van der Waals surface area contributed by atoms with Gasteiger partial charge in [0.25, 0.3) is 0 Å². The van der Waals surface area contributed by atoms with Crippen LogP contribution in [0, 0.1) is 0 Å². The predicted octanol–water partition coefficient (Wildman–Crippen LogP) is 1.85. The third kappa shape index (κ3) is 2.01. The monoisotopic (exact) mass is 242 g/mol. The molecule has 0 aliphatic carbocycles. The Kier molecular flexibility index (Phi) is 2.82. The number of aromatic carboxylic acids is 1. The Morgan fingerprint density at radius 3 is 2.94 bits per heavy atom. The second-order valence-corrected chi connectivity index (χ2v) is 4.27. The van der Waals surface area contributed by atoms with Crippen LogP contribution >= 0.6 is 11.6 Å². The van der Waals surface area contributed by atoms with Gasteiger partial charge < -0.3 is 9.84 Å². The third-order valence-electron chi connectivity index (χ3n) is 2.61. The first-order chi connectivity index (χ1) is 7.51. The van der Waals surface area contributed by atoms with E-state index in [2.05, 4.69) is 9.97 Å². The molecule has 0 amide bonds. The minimum Gasteiger partial charge on any atom is -0.477 e. The maximum atomic E-state index is 10.8. The second-order valence-electron chi connectivity index (χ2n) is 3.89. The smallest absolute Gasteiger partial charge is 0.354 e. The van der Waals surface area contributed by atoms with E-state index in [1.54, 1.807) is 0 Å². The predicted molar refractivity (Wildman–Crippen MR) is 56.5 cm³/mol. The number of aromatic nitrogens is 2. The molecule has 2 rings (SSSR count). The van der Waals surface area contributed by atoms with Gasteiger partial charge in [-0.05, 0) is 19.8 Å². The zero-order valence-corrected chi connectivity index (χ0v) is 9.49. The number of carboxylic acid groups (broad SMARTS) is 1. The summed E-state index contributed by atoms with van der Waals surface area (Å²) in [4.78, 5) is 18.8. The molecule has 0 aromatic carbocycles. The molecule has 1 aromatic rings. The van der Waals surface area contributed by atoms with Crippen LogP contribution in [0.3, 0.4) is 0 Å². The van der Waals surface area contributed by atoms with Crippen molar-refractivity contribution < 1.29 is 14.6 Å². The van der Waals surface area contributed by atoms with Crippen LogP contribution < -0.4 is 0 Å². The lowest BCUT2D eigenvalue weighted by Gasteiger charge is -2.21. The van der Waals surface area contributed by atoms with Crippen LogP contribution in [-0.4, -0.2) is 27.7 Å². The van der Waals surface area contributed by atoms with Crippen LogP contribution in [-0.2, 0) is 10.3 Å². The lowest BCUT2D eigenvalue weighted by atomic mass is 10.0. The Balaban J connectivity index is 2.44. The summed E-state index contributed by atoms with van der Waals surface area (Å²) in [5, 5.41) is 8.99. The molecule has 6 heteroatoms. The quantitative estimate of drug-likeness (QED) is 0.802. The molecule has 1 atom stereocenters. The zero-order chi connectivity index (χ0) is 11.8. The van der Waals surface area contributed by atoms with E-state index >= 15 is 0 Å². The fourth-order valence-electron chi connectivity index (χ4n) is 1.72. The molecule has 86 valence electrons. The number of hydrogen-bond acceptors (Lipinski definition) is 4. The molecule has 1 aliphatic heterocycles. The molecule has 1 fully saturated rings. The summed E-state index contributed by atoms with van der Waals surface area (Å²) in [6.07, 6.45) is 1.68. The largest absolute Gasteiger partial charge is 0.477 e. The SMILES string of the molecule is CC1(c2nc(Cl)cc(C(=O)O)n2)CCCO1. The normalized spacial score (nSPS) is 24.6. The fraction of sp³-hybridized carbons (Fsp3) is 0.500. The van der Waals surface area contributed by atoms with Gasteiger partial charge in [-0.25, -0.2) is 14.8 Å². The van der Waals surface area contributed by atoms with Crippen LogP contribution in [0.4, 0.5) is 0 Å². The zero-order valence-electron chi connectivity index (χ0n) is 8.73. The van der Waals surface area contributed by atoms with Crippen LogP contribution in [0.15, 0.2) is 6.07 Å². The number of ether oxygens (including phenoxy) is 1. The topological polar surface area (TPSA) is 72.3 Å². The van der Waals surface area contributed by atoms with E-state index in [4.69, 9.17) is 21.4 Å². The fourth-order valence-corrected chi connectivity index (χ4v) is 1.90. The number of nitrogens with zero attached hydrogens (tertiary/aromatic N) is 2. The number of rotatable bonds is 2. The summed E-state index contributed by atoms with van der Waals surface area (Å²) in [6, 6.07) is 1.23. The van der Waals surface area contributed by atoms with Crippen LogP contribution in [0.5, 0.6) is 0 Å². The Morgan fingerprint density at radius 1 is 1.62 bits per heavy atom. The second kappa shape index (κ2) is 3.99. The maximum absolute atomic E-state index is 10.8. The lowest BCUT2D eigenvalue weighted by molar-refractivity contribution is 0.00909. The molecular formula is C10H11ClN2O3. The highest BCUT2D eigenvalue weighted by atomic mass is 35.5. The first-order valence-electron chi connectivity index (χ1n) is 4.93. The molecule has 1 N–H and O–H groups in total. The van der Waals surface area contributed by atoms with Gasteiger partial charge in [0.05, 0.1) is 0 Å². The molecule has 0 radical (unpaired) electrons. The summed E-state index contributed by atoms with van der Waals surface area (Å²) in [6.45, 7) is 2.48. The van der Waals surface area contributed by atoms with Gasteiger partial charge in [0, 0.05) is 12.7 Å². The van der Waals surface area contributed by atoms with Gasteiger partial charge >= 0.3 is 5.97 Å². The molecule has 0 spiro atoms. The highest BCUT2D eigenvalue weighted by molar-refractivity contribution is 6.29. The van der Waals surface area contributed by atoms with Gasteiger partial charge in [-0.3, -0.25) is 0 Å². The Hall–Kier alpha value is -1.20. The number of carbonyl (C=O) groups is 1. The molecule has 16 heavy (non-hydrogen) atoms. The van der Waals surface area contributed by atoms with E-state index in [0.29, 0.717) is 12.4 Å². The van der Waals surface area contributed by atoms with Crippen molar-refractivity contribution >= 4 is 17.6 Å². The van der Waals surface area contributed by atoms with Gasteiger partial charge in [0.15, 0.2) is 11.5 Å². The number of carboxylic acids is 1. The minimum atomic E-state index is -1.12. The number of halogens is 1. The summed E-state index contributed by atoms with van der Waals surface area (Å²) < 4.78 is 5.54. The molecule has 1 aromatic heterocycles. The van der Waals surface area contributed by atoms with E-state index in [1.165, 1.54) is 6.07 Å². The van der Waals surface area contributed by atoms with Crippen LogP contribution in [0.2, 0.25) is 5.15 Å². The van der Waals surface area contributed by atoms with Crippen molar-refractivity contribution in [3.8, 4) is 0 Å². The summed E-state index contributed by atoms with van der Waals surface area (Å²) in [5.74, 6) is -0.776. The van der Waals surface area contributed by atoms with Crippen LogP contribution in [0.25, 0.3) is 0 Å². The molecule has 0 bridgehead atoms. The van der Waals surface area contributed by atoms with Crippen molar-refractivity contribution in [2.45, 2.75) is 25.4 Å². The maximum Gasteiger partial charge on any atom is 0.354 e. The average molecular weight is 243 g/mol. The van der Waals surface area contributed by atoms with Gasteiger partial charge in [0.1, 0.15) is 10.8 Å². The minimum absolute atomic E-state index is 0.105. The van der Waals surface area contributed by atoms with E-state index in [9.17, 15) is 4.79 Å². The van der Waals surface area contributed by atoms with Crippen molar-refractivity contribution in [2.75, 3.05) is 6.61 Å². The summed E-state index contributed by atoms with van der Waals surface area (Å²) in [7, 11) is 0. The standard InChI is InChI=1S/C10H11ClN2O3/c1-10(3-2-4-16-10)9-12-6(8(14)15)5-7(11)13-9/h5H,2-4H2,1H3,(H,14,15). The number of hydrogen-bond donors (Lipinski definition) is 1. The first kappa shape index (κ1) is 11.3.